The van der Waals surface area contributed by atoms with Gasteiger partial charge in [-0.15, -0.1) is 0 Å². The summed E-state index contributed by atoms with van der Waals surface area (Å²) in [4.78, 5) is 11.4. The molecule has 72 valence electrons. The van der Waals surface area contributed by atoms with Crippen molar-refractivity contribution in [1.29, 1.82) is 5.26 Å². The van der Waals surface area contributed by atoms with Crippen LogP contribution in [0.2, 0.25) is 0 Å². The van der Waals surface area contributed by atoms with Gasteiger partial charge in [0.1, 0.15) is 5.78 Å². The molecular formula is C12H13NO. The highest BCUT2D eigenvalue weighted by Crippen LogP contribution is 2.26. The van der Waals surface area contributed by atoms with Crippen LogP contribution in [0.3, 0.4) is 0 Å². The minimum atomic E-state index is -0.577. The number of carbonyl (C=O) groups excluding carboxylic acids is 1. The van der Waals surface area contributed by atoms with Gasteiger partial charge in [-0.25, -0.2) is 0 Å². The van der Waals surface area contributed by atoms with Crippen LogP contribution in [0.1, 0.15) is 31.9 Å². The topological polar surface area (TPSA) is 40.9 Å². The SMILES string of the molecule is CC(=O)C(C)(C)c1ccccc1C#N. The van der Waals surface area contributed by atoms with Gasteiger partial charge in [0.2, 0.25) is 0 Å². The molecular weight excluding hydrogens is 174 g/mol. The molecule has 0 N–H and O–H groups in total. The van der Waals surface area contributed by atoms with Gasteiger partial charge < -0.3 is 0 Å². The Hall–Kier alpha value is -1.62. The highest BCUT2D eigenvalue weighted by Gasteiger charge is 2.28. The van der Waals surface area contributed by atoms with Gasteiger partial charge in [-0.1, -0.05) is 18.2 Å². The molecule has 0 radical (unpaired) electrons. The summed E-state index contributed by atoms with van der Waals surface area (Å²) >= 11 is 0. The molecule has 0 aromatic heterocycles. The molecule has 0 saturated heterocycles. The summed E-state index contributed by atoms with van der Waals surface area (Å²) in [5.74, 6) is 0.0696. The van der Waals surface area contributed by atoms with Crippen LogP contribution in [-0.2, 0) is 10.2 Å². The summed E-state index contributed by atoms with van der Waals surface area (Å²) in [7, 11) is 0. The molecule has 0 aliphatic rings. The third kappa shape index (κ3) is 1.67. The molecule has 2 heteroatoms. The first-order valence-corrected chi connectivity index (χ1v) is 4.51. The summed E-state index contributed by atoms with van der Waals surface area (Å²) < 4.78 is 0. The summed E-state index contributed by atoms with van der Waals surface area (Å²) in [5.41, 5.74) is 0.800. The van der Waals surface area contributed by atoms with Crippen LogP contribution in [0.25, 0.3) is 0 Å². The van der Waals surface area contributed by atoms with Crippen LogP contribution in [0.15, 0.2) is 24.3 Å². The Balaban J connectivity index is 3.33. The zero-order valence-corrected chi connectivity index (χ0v) is 8.66. The average molecular weight is 187 g/mol. The molecule has 0 amide bonds. The van der Waals surface area contributed by atoms with Crippen LogP contribution in [-0.4, -0.2) is 5.78 Å². The van der Waals surface area contributed by atoms with Gasteiger partial charge in [-0.2, -0.15) is 5.26 Å². The molecule has 0 aliphatic heterocycles. The van der Waals surface area contributed by atoms with E-state index in [2.05, 4.69) is 6.07 Å². The fourth-order valence-electron chi connectivity index (χ4n) is 1.32. The second kappa shape index (κ2) is 3.63. The van der Waals surface area contributed by atoms with E-state index < -0.39 is 5.41 Å². The number of hydrogen-bond donors (Lipinski definition) is 0. The second-order valence-electron chi connectivity index (χ2n) is 3.84. The quantitative estimate of drug-likeness (QED) is 0.713. The summed E-state index contributed by atoms with van der Waals surface area (Å²) in [6.45, 7) is 5.23. The van der Waals surface area contributed by atoms with Crippen molar-refractivity contribution in [2.75, 3.05) is 0 Å². The first-order valence-electron chi connectivity index (χ1n) is 4.51. The van der Waals surface area contributed by atoms with Gasteiger partial charge >= 0.3 is 0 Å². The maximum atomic E-state index is 11.4. The lowest BCUT2D eigenvalue weighted by atomic mass is 9.79. The van der Waals surface area contributed by atoms with Crippen molar-refractivity contribution in [2.45, 2.75) is 26.2 Å². The van der Waals surface area contributed by atoms with Crippen molar-refractivity contribution in [3.63, 3.8) is 0 Å². The number of carbonyl (C=O) groups is 1. The fourth-order valence-corrected chi connectivity index (χ4v) is 1.32. The number of benzene rings is 1. The Morgan fingerprint density at radius 2 is 1.93 bits per heavy atom. The lowest BCUT2D eigenvalue weighted by Gasteiger charge is -2.22. The Labute approximate surface area is 84.2 Å². The molecule has 1 aromatic rings. The maximum Gasteiger partial charge on any atom is 0.139 e. The van der Waals surface area contributed by atoms with Crippen LogP contribution in [0.4, 0.5) is 0 Å². The summed E-state index contributed by atoms with van der Waals surface area (Å²) in [5, 5.41) is 8.90. The monoisotopic (exact) mass is 187 g/mol. The Kier molecular flexibility index (Phi) is 2.71. The van der Waals surface area contributed by atoms with E-state index in [1.165, 1.54) is 0 Å². The van der Waals surface area contributed by atoms with Crippen molar-refractivity contribution < 1.29 is 4.79 Å². The Morgan fingerprint density at radius 3 is 2.43 bits per heavy atom. The predicted octanol–water partition coefficient (Wildman–Crippen LogP) is 2.42. The molecule has 0 unspecified atom stereocenters. The van der Waals surface area contributed by atoms with Gasteiger partial charge in [-0.3, -0.25) is 4.79 Å². The van der Waals surface area contributed by atoms with Gasteiger partial charge in [0.25, 0.3) is 0 Å². The standard InChI is InChI=1S/C12H13NO/c1-9(14)12(2,3)11-7-5-4-6-10(11)8-13/h4-7H,1-3H3. The van der Waals surface area contributed by atoms with Gasteiger partial charge in [0.05, 0.1) is 11.6 Å². The van der Waals surface area contributed by atoms with Crippen molar-refractivity contribution in [2.24, 2.45) is 0 Å². The lowest BCUT2D eigenvalue weighted by molar-refractivity contribution is -0.121. The van der Waals surface area contributed by atoms with E-state index >= 15 is 0 Å². The lowest BCUT2D eigenvalue weighted by Crippen LogP contribution is -2.27. The summed E-state index contributed by atoms with van der Waals surface area (Å²) in [6, 6.07) is 9.33. The molecule has 2 nitrogen and oxygen atoms in total. The Bertz CT molecular complexity index is 399. The van der Waals surface area contributed by atoms with E-state index in [4.69, 9.17) is 5.26 Å². The molecule has 0 aliphatic carbocycles. The first-order chi connectivity index (χ1) is 6.50. The molecule has 1 rings (SSSR count). The number of Topliss-reactive ketones (excluding diaryl/α,β-unsaturated/α-hetero) is 1. The molecule has 0 fully saturated rings. The van der Waals surface area contributed by atoms with Gasteiger partial charge in [0.15, 0.2) is 0 Å². The number of nitrogens with zero attached hydrogens (tertiary/aromatic N) is 1. The van der Waals surface area contributed by atoms with E-state index in [9.17, 15) is 4.79 Å². The van der Waals surface area contributed by atoms with E-state index in [0.29, 0.717) is 5.56 Å². The highest BCUT2D eigenvalue weighted by molar-refractivity contribution is 5.87. The van der Waals surface area contributed by atoms with Crippen LogP contribution >= 0.6 is 0 Å². The number of nitriles is 1. The van der Waals surface area contributed by atoms with Crippen LogP contribution < -0.4 is 0 Å². The minimum Gasteiger partial charge on any atom is -0.299 e. The number of rotatable bonds is 2. The zero-order chi connectivity index (χ0) is 10.8. The van der Waals surface area contributed by atoms with E-state index in [0.717, 1.165) is 5.56 Å². The van der Waals surface area contributed by atoms with Crippen molar-refractivity contribution >= 4 is 5.78 Å². The molecule has 14 heavy (non-hydrogen) atoms. The molecule has 0 heterocycles. The average Bonchev–Trinajstić information content (AvgIpc) is 2.17. The number of ketones is 1. The first kappa shape index (κ1) is 10.5. The predicted molar refractivity (Wildman–Crippen MR) is 54.9 cm³/mol. The molecule has 0 spiro atoms. The second-order valence-corrected chi connectivity index (χ2v) is 3.84. The summed E-state index contributed by atoms with van der Waals surface area (Å²) in [6.07, 6.45) is 0. The zero-order valence-electron chi connectivity index (χ0n) is 8.66. The van der Waals surface area contributed by atoms with E-state index in [1.807, 2.05) is 26.0 Å². The third-order valence-electron chi connectivity index (χ3n) is 2.60. The van der Waals surface area contributed by atoms with Gasteiger partial charge in [0, 0.05) is 5.41 Å². The van der Waals surface area contributed by atoms with E-state index in [-0.39, 0.29) is 5.78 Å². The third-order valence-corrected chi connectivity index (χ3v) is 2.60. The smallest absolute Gasteiger partial charge is 0.139 e. The largest absolute Gasteiger partial charge is 0.299 e. The molecule has 0 atom stereocenters. The number of hydrogen-bond acceptors (Lipinski definition) is 2. The molecule has 0 saturated carbocycles. The normalized spacial score (nSPS) is 10.7. The van der Waals surface area contributed by atoms with Crippen LogP contribution in [0.5, 0.6) is 0 Å². The van der Waals surface area contributed by atoms with Crippen molar-refractivity contribution in [3.05, 3.63) is 35.4 Å². The Morgan fingerprint density at radius 1 is 1.36 bits per heavy atom. The highest BCUT2D eigenvalue weighted by atomic mass is 16.1. The van der Waals surface area contributed by atoms with Crippen LogP contribution in [0, 0.1) is 11.3 Å². The molecule has 0 bridgehead atoms. The fraction of sp³-hybridized carbons (Fsp3) is 0.333. The van der Waals surface area contributed by atoms with E-state index in [1.54, 1.807) is 19.1 Å². The molecule has 1 aromatic carbocycles. The van der Waals surface area contributed by atoms with Crippen molar-refractivity contribution in [3.8, 4) is 6.07 Å². The minimum absolute atomic E-state index is 0.0696. The van der Waals surface area contributed by atoms with Gasteiger partial charge in [-0.05, 0) is 32.4 Å². The van der Waals surface area contributed by atoms with Crippen molar-refractivity contribution in [1.82, 2.24) is 0 Å². The maximum absolute atomic E-state index is 11.4.